The van der Waals surface area contributed by atoms with E-state index in [1.165, 1.54) is 0 Å². The Bertz CT molecular complexity index is 296. The highest BCUT2D eigenvalue weighted by Crippen LogP contribution is 1.95. The molecule has 0 aromatic heterocycles. The zero-order valence-corrected chi connectivity index (χ0v) is 13.4. The summed E-state index contributed by atoms with van der Waals surface area (Å²) in [7, 11) is 0. The van der Waals surface area contributed by atoms with E-state index in [-0.39, 0.29) is 18.6 Å². The number of nitrogens with one attached hydrogen (secondary N) is 1. The maximum absolute atomic E-state index is 11.2. The van der Waals surface area contributed by atoms with E-state index in [1.54, 1.807) is 20.8 Å². The molecule has 1 unspecified atom stereocenters. The van der Waals surface area contributed by atoms with Gasteiger partial charge in [-0.2, -0.15) is 0 Å². The molecule has 112 valence electrons. The molecule has 0 bridgehead atoms. The molecule has 0 aliphatic carbocycles. The number of carbonyl (C=O) groups is 2. The quantitative estimate of drug-likeness (QED) is 0.617. The summed E-state index contributed by atoms with van der Waals surface area (Å²) in [6.07, 6.45) is 0. The summed E-state index contributed by atoms with van der Waals surface area (Å²) in [5.74, 6) is -0.694. The molecule has 0 aromatic carbocycles. The third kappa shape index (κ3) is 14.4. The Balaban J connectivity index is -0.000000579. The SMILES string of the molecule is C=C(C)C(=O)NC(C)COC(=O)C(=C)C.CC.CC. The highest BCUT2D eigenvalue weighted by Gasteiger charge is 2.10. The van der Waals surface area contributed by atoms with Gasteiger partial charge in [-0.3, -0.25) is 4.79 Å². The highest BCUT2D eigenvalue weighted by molar-refractivity contribution is 5.92. The fourth-order valence-corrected chi connectivity index (χ4v) is 0.713. The van der Waals surface area contributed by atoms with Gasteiger partial charge in [-0.25, -0.2) is 4.79 Å². The lowest BCUT2D eigenvalue weighted by atomic mass is 10.3. The molecule has 1 atom stereocenters. The molecule has 0 saturated heterocycles. The largest absolute Gasteiger partial charge is 0.460 e. The molecular formula is C15H29NO3. The summed E-state index contributed by atoms with van der Waals surface area (Å²) >= 11 is 0. The van der Waals surface area contributed by atoms with E-state index in [2.05, 4.69) is 18.5 Å². The maximum atomic E-state index is 11.2. The second-order valence-corrected chi connectivity index (χ2v) is 3.53. The summed E-state index contributed by atoms with van der Waals surface area (Å²) in [6.45, 7) is 20.0. The fraction of sp³-hybridized carbons (Fsp3) is 0.600. The summed E-state index contributed by atoms with van der Waals surface area (Å²) in [6, 6.07) is -0.238. The van der Waals surface area contributed by atoms with Gasteiger partial charge in [0, 0.05) is 11.1 Å². The first-order valence-electron chi connectivity index (χ1n) is 6.63. The van der Waals surface area contributed by atoms with Crippen molar-refractivity contribution in [3.05, 3.63) is 24.3 Å². The average Bonchev–Trinajstić information content (AvgIpc) is 2.40. The second kappa shape index (κ2) is 14.5. The van der Waals surface area contributed by atoms with Crippen molar-refractivity contribution >= 4 is 11.9 Å². The first-order valence-corrected chi connectivity index (χ1v) is 6.63. The highest BCUT2D eigenvalue weighted by atomic mass is 16.5. The summed E-state index contributed by atoms with van der Waals surface area (Å²) in [4.78, 5) is 22.2. The number of amides is 1. The maximum Gasteiger partial charge on any atom is 0.333 e. The molecule has 4 nitrogen and oxygen atoms in total. The van der Waals surface area contributed by atoms with E-state index in [4.69, 9.17) is 4.74 Å². The standard InChI is InChI=1S/C11H17NO3.2C2H6/c1-7(2)10(13)12-9(5)6-15-11(14)8(3)4;2*1-2/h9H,1,3,6H2,2,4-5H3,(H,12,13);2*1-2H3. The van der Waals surface area contributed by atoms with Crippen molar-refractivity contribution in [1.29, 1.82) is 0 Å². The molecule has 0 aromatic rings. The van der Waals surface area contributed by atoms with Gasteiger partial charge < -0.3 is 10.1 Å². The van der Waals surface area contributed by atoms with Crippen molar-refractivity contribution in [2.24, 2.45) is 0 Å². The van der Waals surface area contributed by atoms with Gasteiger partial charge in [0.25, 0.3) is 0 Å². The van der Waals surface area contributed by atoms with Crippen LogP contribution in [-0.2, 0) is 14.3 Å². The first kappa shape index (κ1) is 22.6. The molecule has 4 heteroatoms. The van der Waals surface area contributed by atoms with Crippen LogP contribution in [0, 0.1) is 0 Å². The van der Waals surface area contributed by atoms with Gasteiger partial charge in [-0.15, -0.1) is 0 Å². The Morgan fingerprint density at radius 3 is 1.79 bits per heavy atom. The zero-order valence-electron chi connectivity index (χ0n) is 13.4. The number of carbonyl (C=O) groups excluding carboxylic acids is 2. The summed E-state index contributed by atoms with van der Waals surface area (Å²) < 4.78 is 4.86. The van der Waals surface area contributed by atoms with Gasteiger partial charge in [0.2, 0.25) is 5.91 Å². The molecule has 1 amide bonds. The fourth-order valence-electron chi connectivity index (χ4n) is 0.713. The Morgan fingerprint density at radius 2 is 1.47 bits per heavy atom. The molecule has 0 rings (SSSR count). The molecule has 0 aliphatic heterocycles. The number of rotatable bonds is 5. The summed E-state index contributed by atoms with van der Waals surface area (Å²) in [5.41, 5.74) is 0.765. The van der Waals surface area contributed by atoms with Crippen LogP contribution in [0.15, 0.2) is 24.3 Å². The van der Waals surface area contributed by atoms with Crippen LogP contribution >= 0.6 is 0 Å². The van der Waals surface area contributed by atoms with Crippen LogP contribution in [-0.4, -0.2) is 24.5 Å². The lowest BCUT2D eigenvalue weighted by molar-refractivity contribution is -0.140. The second-order valence-electron chi connectivity index (χ2n) is 3.53. The third-order valence-corrected chi connectivity index (χ3v) is 1.58. The van der Waals surface area contributed by atoms with Gasteiger partial charge >= 0.3 is 5.97 Å². The normalized spacial score (nSPS) is 9.63. The van der Waals surface area contributed by atoms with Crippen molar-refractivity contribution in [3.8, 4) is 0 Å². The van der Waals surface area contributed by atoms with Crippen molar-refractivity contribution in [2.45, 2.75) is 54.5 Å². The van der Waals surface area contributed by atoms with Crippen molar-refractivity contribution in [2.75, 3.05) is 6.61 Å². The lowest BCUT2D eigenvalue weighted by Crippen LogP contribution is -2.36. The van der Waals surface area contributed by atoms with Crippen LogP contribution in [0.4, 0.5) is 0 Å². The van der Waals surface area contributed by atoms with Gasteiger partial charge in [0.05, 0.1) is 6.04 Å². The number of hydrogen-bond acceptors (Lipinski definition) is 3. The van der Waals surface area contributed by atoms with E-state index in [9.17, 15) is 9.59 Å². The van der Waals surface area contributed by atoms with Crippen LogP contribution in [0.25, 0.3) is 0 Å². The Hall–Kier alpha value is -1.58. The Kier molecular flexibility index (Phi) is 17.2. The molecule has 0 radical (unpaired) electrons. The molecule has 0 fully saturated rings. The minimum Gasteiger partial charge on any atom is -0.460 e. The van der Waals surface area contributed by atoms with Crippen LogP contribution in [0.1, 0.15) is 48.5 Å². The molecule has 1 N–H and O–H groups in total. The topological polar surface area (TPSA) is 55.4 Å². The molecular weight excluding hydrogens is 242 g/mol. The number of esters is 1. The van der Waals surface area contributed by atoms with Gasteiger partial charge in [0.15, 0.2) is 0 Å². The van der Waals surface area contributed by atoms with Crippen LogP contribution in [0.2, 0.25) is 0 Å². The zero-order chi connectivity index (χ0) is 16.0. The van der Waals surface area contributed by atoms with E-state index in [0.29, 0.717) is 11.1 Å². The van der Waals surface area contributed by atoms with Crippen LogP contribution in [0.5, 0.6) is 0 Å². The van der Waals surface area contributed by atoms with Gasteiger partial charge in [-0.1, -0.05) is 40.9 Å². The molecule has 19 heavy (non-hydrogen) atoms. The summed E-state index contributed by atoms with van der Waals surface area (Å²) in [5, 5.41) is 2.63. The van der Waals surface area contributed by atoms with E-state index in [0.717, 1.165) is 0 Å². The van der Waals surface area contributed by atoms with Crippen molar-refractivity contribution in [3.63, 3.8) is 0 Å². The third-order valence-electron chi connectivity index (χ3n) is 1.58. The number of hydrogen-bond donors (Lipinski definition) is 1. The smallest absolute Gasteiger partial charge is 0.333 e. The molecule has 0 spiro atoms. The number of ether oxygens (including phenoxy) is 1. The van der Waals surface area contributed by atoms with E-state index in [1.807, 2.05) is 27.7 Å². The lowest BCUT2D eigenvalue weighted by Gasteiger charge is -2.13. The predicted molar refractivity (Wildman–Crippen MR) is 80.9 cm³/mol. The van der Waals surface area contributed by atoms with Gasteiger partial charge in [0.1, 0.15) is 6.61 Å². The van der Waals surface area contributed by atoms with E-state index < -0.39 is 5.97 Å². The average molecular weight is 271 g/mol. The minimum atomic E-state index is -0.452. The van der Waals surface area contributed by atoms with Crippen molar-refractivity contribution < 1.29 is 14.3 Å². The minimum absolute atomic E-state index is 0.130. The van der Waals surface area contributed by atoms with Crippen molar-refractivity contribution in [1.82, 2.24) is 5.32 Å². The van der Waals surface area contributed by atoms with Crippen LogP contribution < -0.4 is 5.32 Å². The molecule has 0 saturated carbocycles. The molecule has 0 aliphatic rings. The van der Waals surface area contributed by atoms with Crippen LogP contribution in [0.3, 0.4) is 0 Å². The van der Waals surface area contributed by atoms with Gasteiger partial charge in [-0.05, 0) is 20.8 Å². The monoisotopic (exact) mass is 271 g/mol. The van der Waals surface area contributed by atoms with E-state index >= 15 is 0 Å². The Morgan fingerprint density at radius 1 is 1.05 bits per heavy atom. The Labute approximate surface area is 117 Å². The first-order chi connectivity index (χ1) is 8.84. The molecule has 0 heterocycles. The predicted octanol–water partition coefficient (Wildman–Crippen LogP) is 3.24.